The molecule has 0 saturated carbocycles. The van der Waals surface area contributed by atoms with Crippen LogP contribution in [0.4, 0.5) is 5.69 Å². The number of hydrogen-bond acceptors (Lipinski definition) is 3. The van der Waals surface area contributed by atoms with Crippen molar-refractivity contribution in [3.05, 3.63) is 24.3 Å². The molecule has 1 atom stereocenters. The molecule has 0 spiro atoms. The highest BCUT2D eigenvalue weighted by Gasteiger charge is 2.24. The molecule has 1 aromatic rings. The molecule has 1 unspecified atom stereocenters. The van der Waals surface area contributed by atoms with Gasteiger partial charge in [0, 0.05) is 49.7 Å². The van der Waals surface area contributed by atoms with Gasteiger partial charge in [-0.15, -0.1) is 11.6 Å². The zero-order valence-corrected chi connectivity index (χ0v) is 12.8. The molecule has 5 heteroatoms. The summed E-state index contributed by atoms with van der Waals surface area (Å²) < 4.78 is 5.25. The average molecular weight is 297 g/mol. The number of benzene rings is 1. The minimum absolute atomic E-state index is 0.0972. The Morgan fingerprint density at radius 1 is 1.35 bits per heavy atom. The van der Waals surface area contributed by atoms with Crippen molar-refractivity contribution in [2.75, 3.05) is 44.1 Å². The van der Waals surface area contributed by atoms with Gasteiger partial charge in [-0.3, -0.25) is 4.79 Å². The first-order chi connectivity index (χ1) is 9.65. The van der Waals surface area contributed by atoms with Gasteiger partial charge in [0.2, 0.25) is 5.91 Å². The van der Waals surface area contributed by atoms with Crippen LogP contribution in [0.3, 0.4) is 0 Å². The quantitative estimate of drug-likeness (QED) is 0.799. The summed E-state index contributed by atoms with van der Waals surface area (Å²) >= 11 is 5.75. The number of amides is 1. The fraction of sp³-hybridized carbons (Fsp3) is 0.533. The van der Waals surface area contributed by atoms with Gasteiger partial charge in [-0.1, -0.05) is 13.0 Å². The van der Waals surface area contributed by atoms with Crippen molar-refractivity contribution < 1.29 is 9.53 Å². The topological polar surface area (TPSA) is 32.8 Å². The van der Waals surface area contributed by atoms with Gasteiger partial charge in [0.1, 0.15) is 5.75 Å². The number of hydrogen-bond donors (Lipinski definition) is 0. The van der Waals surface area contributed by atoms with Crippen molar-refractivity contribution in [1.82, 2.24) is 4.90 Å². The minimum atomic E-state index is -0.0972. The number of ether oxygens (including phenoxy) is 1. The summed E-state index contributed by atoms with van der Waals surface area (Å²) in [5, 5.41) is 0. The third-order valence-electron chi connectivity index (χ3n) is 3.66. The Balaban J connectivity index is 1.95. The van der Waals surface area contributed by atoms with E-state index in [2.05, 4.69) is 11.0 Å². The SMILES string of the molecule is COc1cccc(N2CCN(C(=O)C(C)CCl)CC2)c1. The standard InChI is InChI=1S/C15H21ClN2O2/c1-12(11-16)15(19)18-8-6-17(7-9-18)13-4-3-5-14(10-13)20-2/h3-5,10,12H,6-9,11H2,1-2H3. The van der Waals surface area contributed by atoms with Gasteiger partial charge in [0.25, 0.3) is 0 Å². The monoisotopic (exact) mass is 296 g/mol. The maximum atomic E-state index is 12.1. The Bertz CT molecular complexity index is 459. The molecular formula is C15H21ClN2O2. The number of rotatable bonds is 4. The van der Waals surface area contributed by atoms with Gasteiger partial charge >= 0.3 is 0 Å². The Labute approximate surface area is 125 Å². The highest BCUT2D eigenvalue weighted by Crippen LogP contribution is 2.22. The summed E-state index contributed by atoms with van der Waals surface area (Å²) in [6, 6.07) is 8.02. The van der Waals surface area contributed by atoms with Crippen LogP contribution >= 0.6 is 11.6 Å². The third-order valence-corrected chi connectivity index (χ3v) is 4.13. The lowest BCUT2D eigenvalue weighted by Crippen LogP contribution is -2.50. The van der Waals surface area contributed by atoms with Crippen molar-refractivity contribution in [1.29, 1.82) is 0 Å². The molecule has 4 nitrogen and oxygen atoms in total. The van der Waals surface area contributed by atoms with Gasteiger partial charge in [-0.25, -0.2) is 0 Å². The van der Waals surface area contributed by atoms with Crippen LogP contribution in [0.2, 0.25) is 0 Å². The molecule has 2 rings (SSSR count). The van der Waals surface area contributed by atoms with Gasteiger partial charge in [-0.2, -0.15) is 0 Å². The molecule has 1 aliphatic heterocycles. The Morgan fingerprint density at radius 2 is 2.05 bits per heavy atom. The number of methoxy groups -OCH3 is 1. The molecule has 1 aromatic carbocycles. The maximum Gasteiger partial charge on any atom is 0.226 e. The molecule has 1 amide bonds. The van der Waals surface area contributed by atoms with Crippen LogP contribution in [-0.4, -0.2) is 50.0 Å². The smallest absolute Gasteiger partial charge is 0.226 e. The van der Waals surface area contributed by atoms with Crippen molar-refractivity contribution in [3.8, 4) is 5.75 Å². The molecule has 1 saturated heterocycles. The summed E-state index contributed by atoms with van der Waals surface area (Å²) in [6.45, 7) is 5.06. The summed E-state index contributed by atoms with van der Waals surface area (Å²) in [4.78, 5) is 16.3. The first kappa shape index (κ1) is 15.0. The highest BCUT2D eigenvalue weighted by molar-refractivity contribution is 6.19. The molecule has 1 aliphatic rings. The fourth-order valence-corrected chi connectivity index (χ4v) is 2.50. The zero-order chi connectivity index (χ0) is 14.5. The van der Waals surface area contributed by atoms with E-state index in [0.29, 0.717) is 5.88 Å². The number of halogens is 1. The number of alkyl halides is 1. The van der Waals surface area contributed by atoms with Crippen LogP contribution in [0.15, 0.2) is 24.3 Å². The lowest BCUT2D eigenvalue weighted by Gasteiger charge is -2.37. The van der Waals surface area contributed by atoms with Crippen LogP contribution in [0, 0.1) is 5.92 Å². The summed E-state index contributed by atoms with van der Waals surface area (Å²) in [7, 11) is 1.67. The largest absolute Gasteiger partial charge is 0.497 e. The average Bonchev–Trinajstić information content (AvgIpc) is 2.53. The van der Waals surface area contributed by atoms with Crippen LogP contribution in [-0.2, 0) is 4.79 Å². The number of nitrogens with zero attached hydrogens (tertiary/aromatic N) is 2. The summed E-state index contributed by atoms with van der Waals surface area (Å²) in [5.41, 5.74) is 1.14. The number of piperazine rings is 1. The van der Waals surface area contributed by atoms with Crippen molar-refractivity contribution in [2.24, 2.45) is 5.92 Å². The molecular weight excluding hydrogens is 276 g/mol. The van der Waals surface area contributed by atoms with E-state index in [0.717, 1.165) is 37.6 Å². The van der Waals surface area contributed by atoms with E-state index in [4.69, 9.17) is 16.3 Å². The van der Waals surface area contributed by atoms with E-state index in [1.165, 1.54) is 0 Å². The fourth-order valence-electron chi connectivity index (χ4n) is 2.37. The summed E-state index contributed by atoms with van der Waals surface area (Å²) in [6.07, 6.45) is 0. The van der Waals surface area contributed by atoms with E-state index in [1.54, 1.807) is 7.11 Å². The number of carbonyl (C=O) groups is 1. The lowest BCUT2D eigenvalue weighted by atomic mass is 10.1. The second-order valence-electron chi connectivity index (χ2n) is 5.07. The first-order valence-electron chi connectivity index (χ1n) is 6.89. The molecule has 0 radical (unpaired) electrons. The van der Waals surface area contributed by atoms with Gasteiger partial charge in [0.05, 0.1) is 7.11 Å². The van der Waals surface area contributed by atoms with E-state index in [-0.39, 0.29) is 11.8 Å². The van der Waals surface area contributed by atoms with Gasteiger partial charge < -0.3 is 14.5 Å². The zero-order valence-electron chi connectivity index (χ0n) is 12.0. The van der Waals surface area contributed by atoms with Crippen molar-refractivity contribution in [2.45, 2.75) is 6.92 Å². The number of anilines is 1. The van der Waals surface area contributed by atoms with Crippen LogP contribution in [0.25, 0.3) is 0 Å². The minimum Gasteiger partial charge on any atom is -0.497 e. The predicted octanol–water partition coefficient (Wildman–Crippen LogP) is 2.22. The first-order valence-corrected chi connectivity index (χ1v) is 7.43. The van der Waals surface area contributed by atoms with Crippen LogP contribution in [0.5, 0.6) is 5.75 Å². The van der Waals surface area contributed by atoms with Crippen LogP contribution in [0.1, 0.15) is 6.92 Å². The van der Waals surface area contributed by atoms with E-state index in [1.807, 2.05) is 30.0 Å². The molecule has 1 fully saturated rings. The Hall–Kier alpha value is -1.42. The Kier molecular flexibility index (Phi) is 5.12. The second kappa shape index (κ2) is 6.84. The van der Waals surface area contributed by atoms with E-state index < -0.39 is 0 Å². The second-order valence-corrected chi connectivity index (χ2v) is 5.38. The molecule has 0 bridgehead atoms. The molecule has 110 valence electrons. The number of carbonyl (C=O) groups excluding carboxylic acids is 1. The lowest BCUT2D eigenvalue weighted by molar-refractivity contribution is -0.134. The maximum absolute atomic E-state index is 12.1. The van der Waals surface area contributed by atoms with Crippen molar-refractivity contribution in [3.63, 3.8) is 0 Å². The molecule has 1 heterocycles. The molecule has 0 N–H and O–H groups in total. The third kappa shape index (κ3) is 3.37. The van der Waals surface area contributed by atoms with Gasteiger partial charge in [0.15, 0.2) is 0 Å². The van der Waals surface area contributed by atoms with Gasteiger partial charge in [-0.05, 0) is 12.1 Å². The molecule has 20 heavy (non-hydrogen) atoms. The Morgan fingerprint density at radius 3 is 2.65 bits per heavy atom. The van der Waals surface area contributed by atoms with Crippen LogP contribution < -0.4 is 9.64 Å². The van der Waals surface area contributed by atoms with E-state index >= 15 is 0 Å². The summed E-state index contributed by atoms with van der Waals surface area (Å²) in [5.74, 6) is 1.30. The predicted molar refractivity (Wildman–Crippen MR) is 81.7 cm³/mol. The molecule has 0 aromatic heterocycles. The van der Waals surface area contributed by atoms with E-state index in [9.17, 15) is 4.79 Å². The highest BCUT2D eigenvalue weighted by atomic mass is 35.5. The van der Waals surface area contributed by atoms with Crippen molar-refractivity contribution >= 4 is 23.2 Å². The molecule has 0 aliphatic carbocycles. The normalized spacial score (nSPS) is 16.9.